The lowest BCUT2D eigenvalue weighted by molar-refractivity contribution is 0.203. The molecule has 0 saturated heterocycles. The maximum Gasteiger partial charge on any atom is 0.317 e. The highest BCUT2D eigenvalue weighted by atomic mass is 16.5. The fourth-order valence-electron chi connectivity index (χ4n) is 2.38. The molecule has 2 aromatic rings. The molecule has 1 N–H and O–H groups in total. The van der Waals surface area contributed by atoms with Gasteiger partial charge in [0.2, 0.25) is 0 Å². The first kappa shape index (κ1) is 19.4. The van der Waals surface area contributed by atoms with Gasteiger partial charge in [0.15, 0.2) is 0 Å². The van der Waals surface area contributed by atoms with E-state index in [-0.39, 0.29) is 6.03 Å². The highest BCUT2D eigenvalue weighted by Gasteiger charge is 2.08. The Balaban J connectivity index is 1.71. The maximum atomic E-state index is 12.2. The van der Waals surface area contributed by atoms with Gasteiger partial charge in [-0.05, 0) is 42.0 Å². The van der Waals surface area contributed by atoms with E-state index in [4.69, 9.17) is 9.47 Å². The number of nitrogens with one attached hydrogen (secondary N) is 1. The number of carbonyl (C=O) groups excluding carboxylic acids is 1. The molecular weight excluding hydrogens is 330 g/mol. The van der Waals surface area contributed by atoms with Gasteiger partial charge in [0.05, 0.1) is 13.7 Å². The summed E-state index contributed by atoms with van der Waals surface area (Å²) in [6.45, 7) is 1.40. The minimum Gasteiger partial charge on any atom is -0.497 e. The number of amides is 2. The lowest BCUT2D eigenvalue weighted by atomic mass is 10.2. The third-order valence-electron chi connectivity index (χ3n) is 3.93. The average molecular weight is 357 g/mol. The molecule has 6 nitrogen and oxygen atoms in total. The first-order chi connectivity index (χ1) is 12.5. The highest BCUT2D eigenvalue weighted by molar-refractivity contribution is 5.73. The van der Waals surface area contributed by atoms with Crippen LogP contribution in [0, 0.1) is 0 Å². The molecule has 2 rings (SSSR count). The van der Waals surface area contributed by atoms with Crippen LogP contribution < -0.4 is 19.7 Å². The van der Waals surface area contributed by atoms with Gasteiger partial charge < -0.3 is 24.6 Å². The van der Waals surface area contributed by atoms with E-state index in [1.165, 1.54) is 0 Å². The molecule has 6 heteroatoms. The molecule has 0 fully saturated rings. The molecule has 0 bridgehead atoms. The second-order valence-corrected chi connectivity index (χ2v) is 6.17. The smallest absolute Gasteiger partial charge is 0.317 e. The second kappa shape index (κ2) is 9.56. The molecule has 0 heterocycles. The van der Waals surface area contributed by atoms with E-state index < -0.39 is 0 Å². The largest absolute Gasteiger partial charge is 0.497 e. The van der Waals surface area contributed by atoms with Crippen molar-refractivity contribution in [1.82, 2.24) is 10.2 Å². The molecule has 0 aliphatic carbocycles. The minimum atomic E-state index is -0.125. The Morgan fingerprint density at radius 3 is 2.15 bits per heavy atom. The van der Waals surface area contributed by atoms with Crippen molar-refractivity contribution in [1.29, 1.82) is 0 Å². The van der Waals surface area contributed by atoms with Crippen molar-refractivity contribution in [2.24, 2.45) is 0 Å². The SMILES string of the molecule is COc1ccc(OCCNC(=O)N(C)Cc2ccc(N(C)C)cc2)cc1. The number of benzene rings is 2. The van der Waals surface area contributed by atoms with Gasteiger partial charge in [-0.1, -0.05) is 12.1 Å². The van der Waals surface area contributed by atoms with Crippen molar-refractivity contribution in [3.63, 3.8) is 0 Å². The van der Waals surface area contributed by atoms with Crippen LogP contribution in [0.3, 0.4) is 0 Å². The fraction of sp³-hybridized carbons (Fsp3) is 0.350. The van der Waals surface area contributed by atoms with Gasteiger partial charge in [-0.2, -0.15) is 0 Å². The zero-order valence-corrected chi connectivity index (χ0v) is 15.9. The predicted molar refractivity (Wildman–Crippen MR) is 104 cm³/mol. The van der Waals surface area contributed by atoms with E-state index in [1.54, 1.807) is 19.1 Å². The van der Waals surface area contributed by atoms with Gasteiger partial charge in [0.25, 0.3) is 0 Å². The molecule has 0 saturated carbocycles. The molecule has 140 valence electrons. The zero-order valence-electron chi connectivity index (χ0n) is 15.9. The predicted octanol–water partition coefficient (Wildman–Crippen LogP) is 2.98. The number of anilines is 1. The Bertz CT molecular complexity index is 684. The molecule has 0 aliphatic heterocycles. The standard InChI is InChI=1S/C20H27N3O3/c1-22(2)17-7-5-16(6-8-17)15-23(3)20(24)21-13-14-26-19-11-9-18(25-4)10-12-19/h5-12H,13-15H2,1-4H3,(H,21,24). The van der Waals surface area contributed by atoms with Gasteiger partial charge in [-0.25, -0.2) is 4.79 Å². The van der Waals surface area contributed by atoms with Crippen molar-refractivity contribution in [3.05, 3.63) is 54.1 Å². The summed E-state index contributed by atoms with van der Waals surface area (Å²) in [5.74, 6) is 1.53. The minimum absolute atomic E-state index is 0.125. The third-order valence-corrected chi connectivity index (χ3v) is 3.93. The zero-order chi connectivity index (χ0) is 18.9. The van der Waals surface area contributed by atoms with Gasteiger partial charge >= 0.3 is 6.03 Å². The number of methoxy groups -OCH3 is 1. The molecule has 0 unspecified atom stereocenters. The molecule has 0 aromatic heterocycles. The number of nitrogens with zero attached hydrogens (tertiary/aromatic N) is 2. The average Bonchev–Trinajstić information content (AvgIpc) is 2.66. The van der Waals surface area contributed by atoms with Crippen LogP contribution in [0.5, 0.6) is 11.5 Å². The summed E-state index contributed by atoms with van der Waals surface area (Å²) in [5.41, 5.74) is 2.22. The summed E-state index contributed by atoms with van der Waals surface area (Å²) in [5, 5.41) is 2.85. The van der Waals surface area contributed by atoms with Crippen LogP contribution in [0.4, 0.5) is 10.5 Å². The molecular formula is C20H27N3O3. The fourth-order valence-corrected chi connectivity index (χ4v) is 2.38. The first-order valence-electron chi connectivity index (χ1n) is 8.51. The Morgan fingerprint density at radius 1 is 0.962 bits per heavy atom. The summed E-state index contributed by atoms with van der Waals surface area (Å²) in [4.78, 5) is 15.8. The van der Waals surface area contributed by atoms with Crippen molar-refractivity contribution < 1.29 is 14.3 Å². The van der Waals surface area contributed by atoms with Gasteiger partial charge in [0, 0.05) is 33.4 Å². The van der Waals surface area contributed by atoms with E-state index in [2.05, 4.69) is 5.32 Å². The summed E-state index contributed by atoms with van der Waals surface area (Å²) < 4.78 is 10.7. The summed E-state index contributed by atoms with van der Waals surface area (Å²) in [7, 11) is 7.41. The van der Waals surface area contributed by atoms with Crippen LogP contribution in [0.25, 0.3) is 0 Å². The number of ether oxygens (including phenoxy) is 2. The maximum absolute atomic E-state index is 12.2. The highest BCUT2D eigenvalue weighted by Crippen LogP contribution is 2.16. The van der Waals surface area contributed by atoms with Crippen LogP contribution in [0.15, 0.2) is 48.5 Å². The first-order valence-corrected chi connectivity index (χ1v) is 8.51. The Kier molecular flexibility index (Phi) is 7.14. The topological polar surface area (TPSA) is 54.0 Å². The summed E-state index contributed by atoms with van der Waals surface area (Å²) >= 11 is 0. The lowest BCUT2D eigenvalue weighted by Crippen LogP contribution is -2.38. The van der Waals surface area contributed by atoms with Crippen LogP contribution >= 0.6 is 0 Å². The van der Waals surface area contributed by atoms with Crippen LogP contribution in [0.2, 0.25) is 0 Å². The van der Waals surface area contributed by atoms with E-state index in [9.17, 15) is 4.79 Å². The molecule has 2 aromatic carbocycles. The summed E-state index contributed by atoms with van der Waals surface area (Å²) in [6.07, 6.45) is 0. The summed E-state index contributed by atoms with van der Waals surface area (Å²) in [6, 6.07) is 15.4. The van der Waals surface area contributed by atoms with Gasteiger partial charge in [-0.15, -0.1) is 0 Å². The van der Waals surface area contributed by atoms with Crippen LogP contribution in [0.1, 0.15) is 5.56 Å². The number of hydrogen-bond acceptors (Lipinski definition) is 4. The lowest BCUT2D eigenvalue weighted by Gasteiger charge is -2.19. The molecule has 0 atom stereocenters. The van der Waals surface area contributed by atoms with Crippen LogP contribution in [-0.4, -0.2) is 52.3 Å². The molecule has 0 spiro atoms. The van der Waals surface area contributed by atoms with Crippen molar-refractivity contribution in [3.8, 4) is 11.5 Å². The molecule has 0 radical (unpaired) electrons. The van der Waals surface area contributed by atoms with E-state index >= 15 is 0 Å². The third kappa shape index (κ3) is 5.88. The van der Waals surface area contributed by atoms with Gasteiger partial charge in [0.1, 0.15) is 18.1 Å². The monoisotopic (exact) mass is 357 g/mol. The van der Waals surface area contributed by atoms with Crippen molar-refractivity contribution in [2.75, 3.05) is 46.3 Å². The normalized spacial score (nSPS) is 10.2. The van der Waals surface area contributed by atoms with Crippen LogP contribution in [-0.2, 0) is 6.54 Å². The van der Waals surface area contributed by atoms with E-state index in [1.807, 2.05) is 67.5 Å². The molecule has 0 aliphatic rings. The van der Waals surface area contributed by atoms with Crippen molar-refractivity contribution >= 4 is 11.7 Å². The van der Waals surface area contributed by atoms with Crippen molar-refractivity contribution in [2.45, 2.75) is 6.54 Å². The molecule has 2 amide bonds. The number of carbonyl (C=O) groups is 1. The second-order valence-electron chi connectivity index (χ2n) is 6.17. The number of rotatable bonds is 8. The number of hydrogen-bond donors (Lipinski definition) is 1. The number of urea groups is 1. The van der Waals surface area contributed by atoms with Gasteiger partial charge in [-0.3, -0.25) is 0 Å². The molecule has 26 heavy (non-hydrogen) atoms. The van der Waals surface area contributed by atoms with E-state index in [0.29, 0.717) is 19.7 Å². The Morgan fingerprint density at radius 2 is 1.58 bits per heavy atom. The van der Waals surface area contributed by atoms with E-state index in [0.717, 1.165) is 22.7 Å². The Labute approximate surface area is 155 Å². The Hall–Kier alpha value is -2.89. The quantitative estimate of drug-likeness (QED) is 0.738.